The first-order chi connectivity index (χ1) is 9.44. The number of carbonyl (C=O) groups excluding carboxylic acids is 1. The van der Waals surface area contributed by atoms with Crippen LogP contribution in [0.25, 0.3) is 0 Å². The van der Waals surface area contributed by atoms with Crippen LogP contribution in [0.2, 0.25) is 0 Å². The second-order valence-corrected chi connectivity index (χ2v) is 4.45. The molecule has 112 valence electrons. The minimum atomic E-state index is -0.961. The molecule has 1 atom stereocenters. The van der Waals surface area contributed by atoms with Gasteiger partial charge in [-0.2, -0.15) is 0 Å². The van der Waals surface area contributed by atoms with Gasteiger partial charge in [0.05, 0.1) is 13.2 Å². The molecular formula is C14H19F2NO3. The molecule has 6 heteroatoms. The van der Waals surface area contributed by atoms with E-state index in [0.717, 1.165) is 12.1 Å². The fourth-order valence-electron chi connectivity index (χ4n) is 1.60. The van der Waals surface area contributed by atoms with Crippen LogP contribution in [0.1, 0.15) is 20.3 Å². The SMILES string of the molecule is CCOC(=O)C(C)(CCOc1c(F)cccc1F)NC. The number of nitrogens with one attached hydrogen (secondary N) is 1. The molecule has 0 aromatic heterocycles. The summed E-state index contributed by atoms with van der Waals surface area (Å²) in [6.45, 7) is 3.60. The number of carbonyl (C=O) groups is 1. The van der Waals surface area contributed by atoms with E-state index >= 15 is 0 Å². The van der Waals surface area contributed by atoms with Gasteiger partial charge in [0.2, 0.25) is 0 Å². The Morgan fingerprint density at radius 3 is 2.45 bits per heavy atom. The number of rotatable bonds is 7. The lowest BCUT2D eigenvalue weighted by Gasteiger charge is -2.26. The molecule has 1 unspecified atom stereocenters. The van der Waals surface area contributed by atoms with Crippen LogP contribution in [0.3, 0.4) is 0 Å². The number of esters is 1. The predicted octanol–water partition coefficient (Wildman–Crippen LogP) is 2.27. The van der Waals surface area contributed by atoms with E-state index in [4.69, 9.17) is 9.47 Å². The lowest BCUT2D eigenvalue weighted by Crippen LogP contribution is -2.49. The molecule has 4 nitrogen and oxygen atoms in total. The average Bonchev–Trinajstić information content (AvgIpc) is 2.42. The van der Waals surface area contributed by atoms with Crippen LogP contribution in [-0.2, 0) is 9.53 Å². The topological polar surface area (TPSA) is 47.6 Å². The van der Waals surface area contributed by atoms with Crippen molar-refractivity contribution in [3.8, 4) is 5.75 Å². The Balaban J connectivity index is 2.64. The highest BCUT2D eigenvalue weighted by Crippen LogP contribution is 2.22. The van der Waals surface area contributed by atoms with Crippen LogP contribution in [0, 0.1) is 11.6 Å². The van der Waals surface area contributed by atoms with Gasteiger partial charge in [0.15, 0.2) is 17.4 Å². The zero-order valence-electron chi connectivity index (χ0n) is 11.8. The van der Waals surface area contributed by atoms with E-state index in [0.29, 0.717) is 0 Å². The van der Waals surface area contributed by atoms with Gasteiger partial charge in [-0.1, -0.05) is 6.07 Å². The molecular weight excluding hydrogens is 268 g/mol. The molecule has 0 fully saturated rings. The van der Waals surface area contributed by atoms with E-state index in [9.17, 15) is 13.6 Å². The van der Waals surface area contributed by atoms with E-state index in [1.54, 1.807) is 20.9 Å². The number of benzene rings is 1. The van der Waals surface area contributed by atoms with Crippen LogP contribution < -0.4 is 10.1 Å². The maximum Gasteiger partial charge on any atom is 0.326 e. The maximum atomic E-state index is 13.4. The Kier molecular flexibility index (Phi) is 5.88. The molecule has 0 spiro atoms. The van der Waals surface area contributed by atoms with Crippen molar-refractivity contribution in [1.29, 1.82) is 0 Å². The third-order valence-electron chi connectivity index (χ3n) is 3.05. The van der Waals surface area contributed by atoms with Crippen molar-refractivity contribution in [3.63, 3.8) is 0 Å². The highest BCUT2D eigenvalue weighted by atomic mass is 19.1. The summed E-state index contributed by atoms with van der Waals surface area (Å²) in [5, 5.41) is 2.84. The maximum absolute atomic E-state index is 13.4. The number of likely N-dealkylation sites (N-methyl/N-ethyl adjacent to an activating group) is 1. The third-order valence-corrected chi connectivity index (χ3v) is 3.05. The minimum absolute atomic E-state index is 0.0198. The van der Waals surface area contributed by atoms with Crippen molar-refractivity contribution in [1.82, 2.24) is 5.32 Å². The number of ether oxygens (including phenoxy) is 2. The van der Waals surface area contributed by atoms with Crippen molar-refractivity contribution < 1.29 is 23.0 Å². The van der Waals surface area contributed by atoms with Gasteiger partial charge in [-0.15, -0.1) is 0 Å². The normalized spacial score (nSPS) is 13.7. The monoisotopic (exact) mass is 287 g/mol. The van der Waals surface area contributed by atoms with Crippen LogP contribution in [0.15, 0.2) is 18.2 Å². The largest absolute Gasteiger partial charge is 0.488 e. The molecule has 0 saturated heterocycles. The molecule has 1 rings (SSSR count). The standard InChI is InChI=1S/C14H19F2NO3/c1-4-19-13(18)14(2,17-3)8-9-20-12-10(15)6-5-7-11(12)16/h5-7,17H,4,8-9H2,1-3H3. The lowest BCUT2D eigenvalue weighted by molar-refractivity contribution is -0.150. The molecule has 0 bridgehead atoms. The van der Waals surface area contributed by atoms with Crippen molar-refractivity contribution in [3.05, 3.63) is 29.8 Å². The second kappa shape index (κ2) is 7.19. The highest BCUT2D eigenvalue weighted by Gasteiger charge is 2.33. The van der Waals surface area contributed by atoms with Gasteiger partial charge in [-0.3, -0.25) is 4.79 Å². The van der Waals surface area contributed by atoms with Gasteiger partial charge in [-0.25, -0.2) is 8.78 Å². The van der Waals surface area contributed by atoms with Crippen molar-refractivity contribution in [2.45, 2.75) is 25.8 Å². The summed E-state index contributed by atoms with van der Waals surface area (Å²) in [4.78, 5) is 11.8. The van der Waals surface area contributed by atoms with E-state index in [1.165, 1.54) is 6.07 Å². The Bertz CT molecular complexity index is 447. The molecule has 0 radical (unpaired) electrons. The molecule has 1 N–H and O–H groups in total. The Morgan fingerprint density at radius 1 is 1.35 bits per heavy atom. The first-order valence-electron chi connectivity index (χ1n) is 6.37. The van der Waals surface area contributed by atoms with E-state index in [2.05, 4.69) is 5.32 Å². The Morgan fingerprint density at radius 2 is 1.95 bits per heavy atom. The number of hydrogen-bond acceptors (Lipinski definition) is 4. The van der Waals surface area contributed by atoms with Crippen LogP contribution >= 0.6 is 0 Å². The first-order valence-corrected chi connectivity index (χ1v) is 6.37. The summed E-state index contributed by atoms with van der Waals surface area (Å²) >= 11 is 0. The molecule has 1 aromatic carbocycles. The van der Waals surface area contributed by atoms with Crippen LogP contribution in [0.4, 0.5) is 8.78 Å². The zero-order chi connectivity index (χ0) is 15.2. The van der Waals surface area contributed by atoms with Gasteiger partial charge in [0.1, 0.15) is 5.54 Å². The van der Waals surface area contributed by atoms with E-state index in [1.807, 2.05) is 0 Å². The first kappa shape index (κ1) is 16.4. The summed E-state index contributed by atoms with van der Waals surface area (Å²) in [7, 11) is 1.61. The van der Waals surface area contributed by atoms with Crippen molar-refractivity contribution >= 4 is 5.97 Å². The van der Waals surface area contributed by atoms with Gasteiger partial charge in [-0.05, 0) is 33.0 Å². The summed E-state index contributed by atoms with van der Waals surface area (Å²) in [6.07, 6.45) is 0.218. The molecule has 0 amide bonds. The molecule has 0 saturated carbocycles. The van der Waals surface area contributed by atoms with Crippen molar-refractivity contribution in [2.24, 2.45) is 0 Å². The van der Waals surface area contributed by atoms with E-state index < -0.39 is 28.9 Å². The summed E-state index contributed by atoms with van der Waals surface area (Å²) < 4.78 is 36.8. The average molecular weight is 287 g/mol. The fourth-order valence-corrected chi connectivity index (χ4v) is 1.60. The van der Waals surface area contributed by atoms with Crippen molar-refractivity contribution in [2.75, 3.05) is 20.3 Å². The molecule has 20 heavy (non-hydrogen) atoms. The fraction of sp³-hybridized carbons (Fsp3) is 0.500. The number of para-hydroxylation sites is 1. The van der Waals surface area contributed by atoms with Gasteiger partial charge >= 0.3 is 5.97 Å². The number of halogens is 2. The molecule has 1 aromatic rings. The minimum Gasteiger partial charge on any atom is -0.488 e. The molecule has 0 heterocycles. The molecule has 0 aliphatic rings. The number of hydrogen-bond donors (Lipinski definition) is 1. The Labute approximate surface area is 117 Å². The molecule has 0 aliphatic heterocycles. The van der Waals surface area contributed by atoms with Crippen LogP contribution in [0.5, 0.6) is 5.75 Å². The van der Waals surface area contributed by atoms with Gasteiger partial charge in [0, 0.05) is 6.42 Å². The van der Waals surface area contributed by atoms with Gasteiger partial charge < -0.3 is 14.8 Å². The van der Waals surface area contributed by atoms with Crippen LogP contribution in [-0.4, -0.2) is 31.8 Å². The summed E-state index contributed by atoms with van der Waals surface area (Å²) in [6, 6.07) is 3.48. The Hall–Kier alpha value is -1.69. The highest BCUT2D eigenvalue weighted by molar-refractivity contribution is 5.80. The zero-order valence-corrected chi connectivity index (χ0v) is 11.8. The van der Waals surface area contributed by atoms with E-state index in [-0.39, 0.29) is 19.6 Å². The predicted molar refractivity (Wildman–Crippen MR) is 70.6 cm³/mol. The third kappa shape index (κ3) is 3.90. The van der Waals surface area contributed by atoms with Gasteiger partial charge in [0.25, 0.3) is 0 Å². The summed E-state index contributed by atoms with van der Waals surface area (Å²) in [5.41, 5.74) is -0.961. The molecule has 0 aliphatic carbocycles. The summed E-state index contributed by atoms with van der Waals surface area (Å²) in [5.74, 6) is -2.41. The smallest absolute Gasteiger partial charge is 0.326 e. The quantitative estimate of drug-likeness (QED) is 0.782. The lowest BCUT2D eigenvalue weighted by atomic mass is 9.99. The second-order valence-electron chi connectivity index (χ2n) is 4.45.